The first-order chi connectivity index (χ1) is 4.06. The van der Waals surface area contributed by atoms with E-state index >= 15 is 0 Å². The van der Waals surface area contributed by atoms with Crippen LogP contribution in [0.15, 0.2) is 0 Å². The second-order valence-corrected chi connectivity index (χ2v) is 2.78. The van der Waals surface area contributed by atoms with Crippen molar-refractivity contribution in [2.24, 2.45) is 5.50 Å². The van der Waals surface area contributed by atoms with Gasteiger partial charge in [-0.3, -0.25) is 4.52 Å². The van der Waals surface area contributed by atoms with Crippen molar-refractivity contribution >= 4 is 7.75 Å². The van der Waals surface area contributed by atoms with Crippen LogP contribution in [0.4, 0.5) is 0 Å². The van der Waals surface area contributed by atoms with Crippen molar-refractivity contribution in [1.82, 2.24) is 0 Å². The third-order valence-corrected chi connectivity index (χ3v) is 1.12. The van der Waals surface area contributed by atoms with Gasteiger partial charge in [0.1, 0.15) is 0 Å². The Morgan fingerprint density at radius 3 is 2.56 bits per heavy atom. The summed E-state index contributed by atoms with van der Waals surface area (Å²) in [7, 11) is -2.31. The Hall–Kier alpha value is 0.0700. The van der Waals surface area contributed by atoms with Gasteiger partial charge in [0.05, 0.1) is 13.2 Å². The zero-order valence-corrected chi connectivity index (χ0v) is 6.01. The summed E-state index contributed by atoms with van der Waals surface area (Å²) in [5.74, 6) is 0. The summed E-state index contributed by atoms with van der Waals surface area (Å²) in [4.78, 5) is 8.30. The van der Waals surface area contributed by atoms with E-state index in [9.17, 15) is 4.57 Å². The lowest BCUT2D eigenvalue weighted by molar-refractivity contribution is 0.137. The molecule has 0 amide bonds. The van der Waals surface area contributed by atoms with E-state index < -0.39 is 7.75 Å². The summed E-state index contributed by atoms with van der Waals surface area (Å²) in [6, 6.07) is 0. The van der Waals surface area contributed by atoms with Crippen LogP contribution in [-0.2, 0) is 13.8 Å². The lowest BCUT2D eigenvalue weighted by atomic mass is 10.8. The zero-order valence-electron chi connectivity index (χ0n) is 5.11. The van der Waals surface area contributed by atoms with Gasteiger partial charge >= 0.3 is 7.75 Å². The predicted molar refractivity (Wildman–Crippen MR) is 31.8 cm³/mol. The van der Waals surface area contributed by atoms with E-state index in [1.165, 1.54) is 7.11 Å². The fraction of sp³-hybridized carbons (Fsp3) is 1.00. The molecule has 0 aliphatic heterocycles. The van der Waals surface area contributed by atoms with Gasteiger partial charge in [0.25, 0.3) is 0 Å². The molecule has 6 heteroatoms. The zero-order chi connectivity index (χ0) is 7.33. The highest BCUT2D eigenvalue weighted by Crippen LogP contribution is 2.30. The van der Waals surface area contributed by atoms with E-state index in [0.29, 0.717) is 0 Å². The van der Waals surface area contributed by atoms with E-state index in [4.69, 9.17) is 4.89 Å². The van der Waals surface area contributed by atoms with Crippen molar-refractivity contribution in [1.29, 1.82) is 0 Å². The van der Waals surface area contributed by atoms with Crippen LogP contribution in [0.25, 0.3) is 0 Å². The average molecular weight is 155 g/mol. The van der Waals surface area contributed by atoms with Crippen molar-refractivity contribution in [2.45, 2.75) is 0 Å². The van der Waals surface area contributed by atoms with Crippen molar-refractivity contribution in [3.63, 3.8) is 0 Å². The molecule has 0 bridgehead atoms. The molecule has 0 aromatic rings. The first kappa shape index (κ1) is 9.07. The maximum absolute atomic E-state index is 10.1. The van der Waals surface area contributed by atoms with Gasteiger partial charge in [-0.1, -0.05) is 0 Å². The van der Waals surface area contributed by atoms with Gasteiger partial charge in [-0.25, -0.2) is 10.1 Å². The van der Waals surface area contributed by atoms with Crippen LogP contribution in [-0.4, -0.2) is 25.2 Å². The molecule has 3 N–H and O–H groups in total. The first-order valence-electron chi connectivity index (χ1n) is 2.31. The quantitative estimate of drug-likeness (QED) is 0.430. The van der Waals surface area contributed by atoms with Gasteiger partial charge in [0, 0.05) is 7.11 Å². The highest BCUT2D eigenvalue weighted by atomic mass is 31.2. The van der Waals surface area contributed by atoms with Crippen molar-refractivity contribution < 1.29 is 18.7 Å². The topological polar surface area (TPSA) is 81.8 Å². The van der Waals surface area contributed by atoms with Crippen LogP contribution < -0.4 is 5.50 Å². The summed E-state index contributed by atoms with van der Waals surface area (Å²) in [5.41, 5.74) is 4.61. The molecule has 0 aromatic heterocycles. The molecule has 0 fully saturated rings. The van der Waals surface area contributed by atoms with Gasteiger partial charge in [-0.15, -0.1) is 0 Å². The number of ether oxygens (including phenoxy) is 1. The van der Waals surface area contributed by atoms with Gasteiger partial charge in [0.2, 0.25) is 0 Å². The second-order valence-electron chi connectivity index (χ2n) is 1.39. The highest BCUT2D eigenvalue weighted by molar-refractivity contribution is 7.50. The Morgan fingerprint density at radius 1 is 1.67 bits per heavy atom. The minimum absolute atomic E-state index is 0.0424. The lowest BCUT2D eigenvalue weighted by Crippen LogP contribution is -2.04. The minimum atomic E-state index is -3.78. The van der Waals surface area contributed by atoms with E-state index in [1.807, 2.05) is 0 Å². The van der Waals surface area contributed by atoms with E-state index in [2.05, 4.69) is 14.8 Å². The minimum Gasteiger partial charge on any atom is -0.382 e. The first-order valence-corrected chi connectivity index (χ1v) is 3.96. The largest absolute Gasteiger partial charge is 0.400 e. The Morgan fingerprint density at radius 2 is 2.22 bits per heavy atom. The lowest BCUT2D eigenvalue weighted by Gasteiger charge is -2.03. The maximum atomic E-state index is 10.1. The average Bonchev–Trinajstić information content (AvgIpc) is 1.63. The van der Waals surface area contributed by atoms with Crippen LogP contribution in [0.1, 0.15) is 0 Å². The number of rotatable bonds is 4. The van der Waals surface area contributed by atoms with Crippen molar-refractivity contribution in [3.8, 4) is 0 Å². The second kappa shape index (κ2) is 3.98. The molecule has 0 heterocycles. The van der Waals surface area contributed by atoms with Crippen LogP contribution in [0.2, 0.25) is 0 Å². The van der Waals surface area contributed by atoms with E-state index in [-0.39, 0.29) is 13.2 Å². The molecular formula is C3H10NO4P. The molecule has 0 saturated carbocycles. The summed E-state index contributed by atoms with van der Waals surface area (Å²) < 4.78 is 18.9. The fourth-order valence-electron chi connectivity index (χ4n) is 0.251. The monoisotopic (exact) mass is 155 g/mol. The SMILES string of the molecule is COCCOP(N)(=O)O. The van der Waals surface area contributed by atoms with E-state index in [0.717, 1.165) is 0 Å². The predicted octanol–water partition coefficient (Wildman–Crippen LogP) is -0.291. The summed E-state index contributed by atoms with van der Waals surface area (Å²) in [5, 5.41) is 0. The number of hydrogen-bond donors (Lipinski definition) is 2. The van der Waals surface area contributed by atoms with Crippen LogP contribution >= 0.6 is 7.75 Å². The van der Waals surface area contributed by atoms with Gasteiger partial charge in [-0.2, -0.15) is 0 Å². The molecule has 1 atom stereocenters. The smallest absolute Gasteiger partial charge is 0.382 e. The van der Waals surface area contributed by atoms with Gasteiger partial charge in [0.15, 0.2) is 0 Å². The molecule has 0 radical (unpaired) electrons. The Balaban J connectivity index is 3.18. The molecule has 0 aliphatic carbocycles. The highest BCUT2D eigenvalue weighted by Gasteiger charge is 2.08. The van der Waals surface area contributed by atoms with Gasteiger partial charge in [-0.05, 0) is 0 Å². The maximum Gasteiger partial charge on any atom is 0.400 e. The molecule has 5 nitrogen and oxygen atoms in total. The van der Waals surface area contributed by atoms with E-state index in [1.54, 1.807) is 0 Å². The van der Waals surface area contributed by atoms with Crippen LogP contribution in [0, 0.1) is 0 Å². The third kappa shape index (κ3) is 8.07. The molecule has 0 saturated heterocycles. The summed E-state index contributed by atoms with van der Waals surface area (Å²) >= 11 is 0. The summed E-state index contributed by atoms with van der Waals surface area (Å²) in [6.45, 7) is 0.308. The van der Waals surface area contributed by atoms with Crippen LogP contribution in [0.3, 0.4) is 0 Å². The Bertz CT molecular complexity index is 110. The van der Waals surface area contributed by atoms with Crippen LogP contribution in [0.5, 0.6) is 0 Å². The fourth-order valence-corrected chi connectivity index (χ4v) is 0.588. The normalized spacial score (nSPS) is 17.2. The molecule has 0 aromatic carbocycles. The van der Waals surface area contributed by atoms with Gasteiger partial charge < -0.3 is 9.63 Å². The van der Waals surface area contributed by atoms with Crippen molar-refractivity contribution in [2.75, 3.05) is 20.3 Å². The summed E-state index contributed by atoms with van der Waals surface area (Å²) in [6.07, 6.45) is 0. The molecule has 56 valence electrons. The number of methoxy groups -OCH3 is 1. The Kier molecular flexibility index (Phi) is 4.01. The van der Waals surface area contributed by atoms with Crippen molar-refractivity contribution in [3.05, 3.63) is 0 Å². The number of hydrogen-bond acceptors (Lipinski definition) is 3. The molecule has 1 unspecified atom stereocenters. The molecule has 9 heavy (non-hydrogen) atoms. The third-order valence-electron chi connectivity index (χ3n) is 0.564. The molecular weight excluding hydrogens is 145 g/mol. The molecule has 0 aliphatic rings. The standard InChI is InChI=1S/C3H10NO4P/c1-7-2-3-8-9(4,5)6/h2-3H2,1H3,(H3,4,5,6). The molecule has 0 rings (SSSR count). The molecule has 0 spiro atoms. The Labute approximate surface area is 53.3 Å². The number of nitrogens with two attached hydrogens (primary N) is 1.